The lowest BCUT2D eigenvalue weighted by Crippen LogP contribution is -2.50. The third-order valence-electron chi connectivity index (χ3n) is 5.38. The van der Waals surface area contributed by atoms with Crippen LogP contribution in [-0.4, -0.2) is 37.0 Å². The standard InChI is InChI=1S/C18H26N2O/c1-19-16-9-13-20(14-10-16)17(21)18(11-5-6-12-18)15-7-3-2-4-8-15/h2-4,7-8,16,19H,5-6,9-14H2,1H3. The zero-order chi connectivity index (χ0) is 14.7. The van der Waals surface area contributed by atoms with E-state index < -0.39 is 0 Å². The molecule has 1 saturated carbocycles. The maximum atomic E-state index is 13.2. The Bertz CT molecular complexity index is 471. The monoisotopic (exact) mass is 286 g/mol. The number of benzene rings is 1. The van der Waals surface area contributed by atoms with Gasteiger partial charge in [0.1, 0.15) is 0 Å². The van der Waals surface area contributed by atoms with Crippen LogP contribution in [0.1, 0.15) is 44.1 Å². The Morgan fingerprint density at radius 1 is 1.14 bits per heavy atom. The zero-order valence-electron chi connectivity index (χ0n) is 13.0. The number of amides is 1. The van der Waals surface area contributed by atoms with E-state index in [9.17, 15) is 4.79 Å². The molecule has 0 bridgehead atoms. The Morgan fingerprint density at radius 3 is 2.33 bits per heavy atom. The minimum absolute atomic E-state index is 0.242. The van der Waals surface area contributed by atoms with Gasteiger partial charge in [0, 0.05) is 19.1 Å². The molecule has 0 unspecified atom stereocenters. The molecule has 3 heteroatoms. The van der Waals surface area contributed by atoms with Gasteiger partial charge in [-0.05, 0) is 38.3 Å². The van der Waals surface area contributed by atoms with E-state index in [4.69, 9.17) is 0 Å². The van der Waals surface area contributed by atoms with Gasteiger partial charge in [-0.3, -0.25) is 4.79 Å². The maximum absolute atomic E-state index is 13.2. The van der Waals surface area contributed by atoms with Crippen LogP contribution in [0.25, 0.3) is 0 Å². The van der Waals surface area contributed by atoms with Crippen molar-refractivity contribution in [1.29, 1.82) is 0 Å². The fraction of sp³-hybridized carbons (Fsp3) is 0.611. The fourth-order valence-electron chi connectivity index (χ4n) is 4.04. The summed E-state index contributed by atoms with van der Waals surface area (Å²) in [7, 11) is 2.02. The lowest BCUT2D eigenvalue weighted by atomic mass is 9.77. The second kappa shape index (κ2) is 6.18. The molecule has 3 nitrogen and oxygen atoms in total. The molecular formula is C18H26N2O. The lowest BCUT2D eigenvalue weighted by molar-refractivity contribution is -0.138. The first-order chi connectivity index (χ1) is 10.3. The van der Waals surface area contributed by atoms with Crippen LogP contribution in [0.2, 0.25) is 0 Å². The van der Waals surface area contributed by atoms with Crippen LogP contribution in [0.5, 0.6) is 0 Å². The molecule has 2 fully saturated rings. The summed E-state index contributed by atoms with van der Waals surface area (Å²) < 4.78 is 0. The molecule has 1 N–H and O–H groups in total. The molecule has 1 amide bonds. The van der Waals surface area contributed by atoms with Crippen molar-refractivity contribution in [3.05, 3.63) is 35.9 Å². The van der Waals surface area contributed by atoms with Crippen LogP contribution in [0.3, 0.4) is 0 Å². The normalized spacial score (nSPS) is 22.4. The van der Waals surface area contributed by atoms with Gasteiger partial charge in [0.2, 0.25) is 5.91 Å². The van der Waals surface area contributed by atoms with E-state index in [2.05, 4.69) is 34.5 Å². The van der Waals surface area contributed by atoms with Gasteiger partial charge in [0.15, 0.2) is 0 Å². The van der Waals surface area contributed by atoms with Crippen molar-refractivity contribution in [3.63, 3.8) is 0 Å². The van der Waals surface area contributed by atoms with Gasteiger partial charge in [-0.1, -0.05) is 43.2 Å². The highest BCUT2D eigenvalue weighted by molar-refractivity contribution is 5.88. The van der Waals surface area contributed by atoms with Gasteiger partial charge >= 0.3 is 0 Å². The van der Waals surface area contributed by atoms with Gasteiger partial charge in [0.25, 0.3) is 0 Å². The Labute approximate surface area is 127 Å². The molecule has 1 saturated heterocycles. The largest absolute Gasteiger partial charge is 0.342 e. The van der Waals surface area contributed by atoms with Crippen molar-refractivity contribution in [2.24, 2.45) is 0 Å². The number of hydrogen-bond donors (Lipinski definition) is 1. The molecule has 1 heterocycles. The van der Waals surface area contributed by atoms with E-state index in [1.54, 1.807) is 0 Å². The van der Waals surface area contributed by atoms with Gasteiger partial charge < -0.3 is 10.2 Å². The lowest BCUT2D eigenvalue weighted by Gasteiger charge is -2.38. The van der Waals surface area contributed by atoms with Crippen molar-refractivity contribution in [2.75, 3.05) is 20.1 Å². The minimum Gasteiger partial charge on any atom is -0.342 e. The predicted octanol–water partition coefficient (Wildman–Crippen LogP) is 2.71. The van der Waals surface area contributed by atoms with Crippen LogP contribution in [0.4, 0.5) is 0 Å². The first-order valence-electron chi connectivity index (χ1n) is 8.28. The van der Waals surface area contributed by atoms with E-state index in [1.807, 2.05) is 13.1 Å². The Morgan fingerprint density at radius 2 is 1.76 bits per heavy atom. The van der Waals surface area contributed by atoms with E-state index in [0.717, 1.165) is 38.8 Å². The van der Waals surface area contributed by atoms with Gasteiger partial charge in [0.05, 0.1) is 5.41 Å². The average molecular weight is 286 g/mol. The molecule has 1 aliphatic carbocycles. The third-order valence-corrected chi connectivity index (χ3v) is 5.38. The topological polar surface area (TPSA) is 32.3 Å². The maximum Gasteiger partial charge on any atom is 0.233 e. The Hall–Kier alpha value is -1.35. The minimum atomic E-state index is -0.242. The summed E-state index contributed by atoms with van der Waals surface area (Å²) >= 11 is 0. The molecule has 0 radical (unpaired) electrons. The molecular weight excluding hydrogens is 260 g/mol. The SMILES string of the molecule is CNC1CCN(C(=O)C2(c3ccccc3)CCCC2)CC1. The summed E-state index contributed by atoms with van der Waals surface area (Å²) in [6, 6.07) is 11.0. The number of carbonyl (C=O) groups excluding carboxylic acids is 1. The first-order valence-corrected chi connectivity index (χ1v) is 8.28. The van der Waals surface area contributed by atoms with Crippen LogP contribution in [0.15, 0.2) is 30.3 Å². The highest BCUT2D eigenvalue weighted by atomic mass is 16.2. The smallest absolute Gasteiger partial charge is 0.233 e. The Kier molecular flexibility index (Phi) is 4.29. The molecule has 2 aliphatic rings. The molecule has 1 aliphatic heterocycles. The molecule has 1 aromatic rings. The number of carbonyl (C=O) groups is 1. The molecule has 21 heavy (non-hydrogen) atoms. The summed E-state index contributed by atoms with van der Waals surface area (Å²) in [5.74, 6) is 0.376. The summed E-state index contributed by atoms with van der Waals surface area (Å²) in [6.45, 7) is 1.80. The number of rotatable bonds is 3. The average Bonchev–Trinajstić information content (AvgIpc) is 3.06. The van der Waals surface area contributed by atoms with Gasteiger partial charge in [-0.25, -0.2) is 0 Å². The van der Waals surface area contributed by atoms with Crippen molar-refractivity contribution >= 4 is 5.91 Å². The predicted molar refractivity (Wildman–Crippen MR) is 85.2 cm³/mol. The molecule has 0 atom stereocenters. The summed E-state index contributed by atoms with van der Waals surface area (Å²) in [5, 5.41) is 3.34. The molecule has 114 valence electrons. The fourth-order valence-corrected chi connectivity index (χ4v) is 4.04. The van der Waals surface area contributed by atoms with Crippen molar-refractivity contribution in [2.45, 2.75) is 50.0 Å². The van der Waals surface area contributed by atoms with E-state index in [-0.39, 0.29) is 5.41 Å². The van der Waals surface area contributed by atoms with Crippen molar-refractivity contribution < 1.29 is 4.79 Å². The summed E-state index contributed by atoms with van der Waals surface area (Å²) in [5.41, 5.74) is 0.983. The quantitative estimate of drug-likeness (QED) is 0.926. The summed E-state index contributed by atoms with van der Waals surface area (Å²) in [4.78, 5) is 15.3. The highest BCUT2D eigenvalue weighted by Gasteiger charge is 2.45. The van der Waals surface area contributed by atoms with Crippen LogP contribution >= 0.6 is 0 Å². The van der Waals surface area contributed by atoms with Crippen LogP contribution in [-0.2, 0) is 10.2 Å². The van der Waals surface area contributed by atoms with Crippen molar-refractivity contribution in [3.8, 4) is 0 Å². The highest BCUT2D eigenvalue weighted by Crippen LogP contribution is 2.42. The van der Waals surface area contributed by atoms with Gasteiger partial charge in [-0.15, -0.1) is 0 Å². The summed E-state index contributed by atoms with van der Waals surface area (Å²) in [6.07, 6.45) is 6.53. The second-order valence-corrected chi connectivity index (χ2v) is 6.51. The number of piperidine rings is 1. The first kappa shape index (κ1) is 14.6. The molecule has 3 rings (SSSR count). The van der Waals surface area contributed by atoms with Crippen molar-refractivity contribution in [1.82, 2.24) is 10.2 Å². The van der Waals surface area contributed by atoms with Crippen LogP contribution < -0.4 is 5.32 Å². The number of nitrogens with zero attached hydrogens (tertiary/aromatic N) is 1. The third kappa shape index (κ3) is 2.71. The van der Waals surface area contributed by atoms with E-state index >= 15 is 0 Å². The molecule has 0 spiro atoms. The number of nitrogens with one attached hydrogen (secondary N) is 1. The van der Waals surface area contributed by atoms with Gasteiger partial charge in [-0.2, -0.15) is 0 Å². The molecule has 0 aromatic heterocycles. The van der Waals surface area contributed by atoms with Crippen LogP contribution in [0, 0.1) is 0 Å². The zero-order valence-corrected chi connectivity index (χ0v) is 13.0. The van der Waals surface area contributed by atoms with E-state index in [1.165, 1.54) is 18.4 Å². The Balaban J connectivity index is 1.80. The molecule has 1 aromatic carbocycles. The van der Waals surface area contributed by atoms with E-state index in [0.29, 0.717) is 11.9 Å². The second-order valence-electron chi connectivity index (χ2n) is 6.51. The number of hydrogen-bond acceptors (Lipinski definition) is 2. The number of likely N-dealkylation sites (tertiary alicyclic amines) is 1.